The molecule has 7 nitrogen and oxygen atoms in total. The van der Waals surface area contributed by atoms with Crippen LogP contribution >= 0.6 is 0 Å². The fraction of sp³-hybridized carbons (Fsp3) is 0.421. The fourth-order valence-electron chi connectivity index (χ4n) is 3.09. The molecule has 0 saturated heterocycles. The molecule has 1 aromatic carbocycles. The first-order chi connectivity index (χ1) is 12.6. The molecule has 0 aromatic heterocycles. The number of rotatable bonds is 4. The maximum Gasteiger partial charge on any atom is 0.338 e. The highest BCUT2D eigenvalue weighted by Gasteiger charge is 2.20. The van der Waals surface area contributed by atoms with E-state index in [2.05, 4.69) is 10.6 Å². The smallest absolute Gasteiger partial charge is 0.338 e. The average Bonchev–Trinajstić information content (AvgIpc) is 2.66. The van der Waals surface area contributed by atoms with Gasteiger partial charge in [0.25, 0.3) is 5.91 Å². The molecular weight excluding hydrogens is 336 g/mol. The Morgan fingerprint density at radius 3 is 2.69 bits per heavy atom. The summed E-state index contributed by atoms with van der Waals surface area (Å²) in [6.45, 7) is -0.435. The van der Waals surface area contributed by atoms with Gasteiger partial charge in [0, 0.05) is 11.6 Å². The second kappa shape index (κ2) is 8.51. The fourth-order valence-corrected chi connectivity index (χ4v) is 3.09. The first kappa shape index (κ1) is 18.0. The van der Waals surface area contributed by atoms with Crippen molar-refractivity contribution >= 4 is 24.0 Å². The van der Waals surface area contributed by atoms with Gasteiger partial charge in [0.2, 0.25) is 0 Å². The molecule has 1 saturated carbocycles. The Labute approximate surface area is 151 Å². The summed E-state index contributed by atoms with van der Waals surface area (Å²) in [4.78, 5) is 35.6. The molecule has 1 heterocycles. The molecule has 0 radical (unpaired) electrons. The van der Waals surface area contributed by atoms with Gasteiger partial charge in [-0.15, -0.1) is 0 Å². The van der Waals surface area contributed by atoms with Gasteiger partial charge in [0.05, 0.1) is 5.57 Å². The summed E-state index contributed by atoms with van der Waals surface area (Å²) in [5.74, 6) is -0.604. The zero-order chi connectivity index (χ0) is 18.4. The zero-order valence-corrected chi connectivity index (χ0v) is 14.5. The van der Waals surface area contributed by atoms with Crippen LogP contribution in [0.4, 0.5) is 4.79 Å². The minimum absolute atomic E-state index is 0.0830. The summed E-state index contributed by atoms with van der Waals surface area (Å²) in [6.07, 6.45) is 6.86. The van der Waals surface area contributed by atoms with Gasteiger partial charge in [0.15, 0.2) is 6.61 Å². The number of benzene rings is 1. The molecule has 26 heavy (non-hydrogen) atoms. The van der Waals surface area contributed by atoms with Gasteiger partial charge in [-0.3, -0.25) is 10.1 Å². The molecule has 3 rings (SSSR count). The molecule has 138 valence electrons. The Morgan fingerprint density at radius 1 is 1.12 bits per heavy atom. The van der Waals surface area contributed by atoms with E-state index in [0.29, 0.717) is 11.3 Å². The number of carbonyl (C=O) groups excluding carboxylic acids is 3. The van der Waals surface area contributed by atoms with Crippen molar-refractivity contribution in [1.82, 2.24) is 10.6 Å². The van der Waals surface area contributed by atoms with Crippen LogP contribution in [0.3, 0.4) is 0 Å². The number of amides is 3. The molecule has 1 aliphatic carbocycles. The van der Waals surface area contributed by atoms with E-state index >= 15 is 0 Å². The van der Waals surface area contributed by atoms with Crippen LogP contribution in [-0.2, 0) is 14.3 Å². The Hall–Kier alpha value is -2.83. The van der Waals surface area contributed by atoms with E-state index in [0.717, 1.165) is 31.2 Å². The lowest BCUT2D eigenvalue weighted by atomic mass is 9.96. The minimum Gasteiger partial charge on any atom is -0.488 e. The molecule has 1 aromatic rings. The first-order valence-corrected chi connectivity index (χ1v) is 8.81. The third kappa shape index (κ3) is 4.84. The summed E-state index contributed by atoms with van der Waals surface area (Å²) in [6, 6.07) is 6.87. The number of esters is 1. The number of imide groups is 1. The van der Waals surface area contributed by atoms with Gasteiger partial charge in [0.1, 0.15) is 12.4 Å². The quantitative estimate of drug-likeness (QED) is 0.805. The third-order valence-corrected chi connectivity index (χ3v) is 4.42. The van der Waals surface area contributed by atoms with Gasteiger partial charge in [-0.25, -0.2) is 9.59 Å². The summed E-state index contributed by atoms with van der Waals surface area (Å²) in [7, 11) is 0. The lowest BCUT2D eigenvalue weighted by Gasteiger charge is -2.22. The van der Waals surface area contributed by atoms with E-state index in [4.69, 9.17) is 9.47 Å². The largest absolute Gasteiger partial charge is 0.488 e. The van der Waals surface area contributed by atoms with Crippen LogP contribution in [0, 0.1) is 0 Å². The molecule has 0 bridgehead atoms. The van der Waals surface area contributed by atoms with Crippen molar-refractivity contribution in [3.8, 4) is 5.75 Å². The number of carbonyl (C=O) groups is 3. The number of hydrogen-bond donors (Lipinski definition) is 2. The summed E-state index contributed by atoms with van der Waals surface area (Å²) < 4.78 is 10.4. The maximum atomic E-state index is 12.1. The van der Waals surface area contributed by atoms with Gasteiger partial charge >= 0.3 is 12.0 Å². The van der Waals surface area contributed by atoms with Crippen LogP contribution < -0.4 is 15.4 Å². The lowest BCUT2D eigenvalue weighted by molar-refractivity contribution is -0.144. The Balaban J connectivity index is 1.43. The standard InChI is InChI=1S/C19H22N2O5/c22-17(21-19(24)20-15-7-2-1-3-8-15)12-26-18(23)14-10-13-6-4-5-9-16(13)25-11-14/h4-6,9-10,15H,1-3,7-8,11-12H2,(H2,20,21,22,24). The molecule has 7 heteroatoms. The van der Waals surface area contributed by atoms with E-state index in [-0.39, 0.29) is 12.6 Å². The second-order valence-electron chi connectivity index (χ2n) is 6.43. The predicted octanol–water partition coefficient (Wildman–Crippen LogP) is 2.16. The highest BCUT2D eigenvalue weighted by molar-refractivity contribution is 5.98. The van der Waals surface area contributed by atoms with Crippen LogP contribution in [0.15, 0.2) is 29.8 Å². The predicted molar refractivity (Wildman–Crippen MR) is 94.4 cm³/mol. The molecule has 1 aliphatic heterocycles. The monoisotopic (exact) mass is 358 g/mol. The normalized spacial score (nSPS) is 16.5. The van der Waals surface area contributed by atoms with Crippen molar-refractivity contribution in [1.29, 1.82) is 0 Å². The zero-order valence-electron chi connectivity index (χ0n) is 14.5. The summed E-state index contributed by atoms with van der Waals surface area (Å²) >= 11 is 0. The summed E-state index contributed by atoms with van der Waals surface area (Å²) in [5, 5.41) is 4.95. The SMILES string of the molecule is O=C(COC(=O)C1=Cc2ccccc2OC1)NC(=O)NC1CCCCC1. The molecule has 1 fully saturated rings. The number of fused-ring (bicyclic) bond motifs is 1. The van der Waals surface area contributed by atoms with E-state index < -0.39 is 24.5 Å². The average molecular weight is 358 g/mol. The van der Waals surface area contributed by atoms with Gasteiger partial charge in [-0.2, -0.15) is 0 Å². The van der Waals surface area contributed by atoms with Crippen LogP contribution in [0.2, 0.25) is 0 Å². The number of nitrogens with one attached hydrogen (secondary N) is 2. The van der Waals surface area contributed by atoms with E-state index in [1.807, 2.05) is 24.3 Å². The molecule has 3 amide bonds. The Morgan fingerprint density at radius 2 is 1.88 bits per heavy atom. The van der Waals surface area contributed by atoms with E-state index in [1.54, 1.807) is 6.08 Å². The Bertz CT molecular complexity index is 722. The van der Waals surface area contributed by atoms with Crippen LogP contribution in [0.5, 0.6) is 5.75 Å². The lowest BCUT2D eigenvalue weighted by Crippen LogP contribution is -2.46. The number of para-hydroxylation sites is 1. The van der Waals surface area contributed by atoms with Crippen LogP contribution in [0.25, 0.3) is 6.08 Å². The highest BCUT2D eigenvalue weighted by Crippen LogP contribution is 2.26. The molecule has 0 atom stereocenters. The molecule has 2 aliphatic rings. The Kier molecular flexibility index (Phi) is 5.88. The van der Waals surface area contributed by atoms with Crippen molar-refractivity contribution in [2.45, 2.75) is 38.1 Å². The maximum absolute atomic E-state index is 12.1. The van der Waals surface area contributed by atoms with Crippen molar-refractivity contribution < 1.29 is 23.9 Å². The van der Waals surface area contributed by atoms with E-state index in [9.17, 15) is 14.4 Å². The molecular formula is C19H22N2O5. The summed E-state index contributed by atoms with van der Waals surface area (Å²) in [5.41, 5.74) is 1.10. The topological polar surface area (TPSA) is 93.7 Å². The molecule has 2 N–H and O–H groups in total. The van der Waals surface area contributed by atoms with Gasteiger partial charge < -0.3 is 14.8 Å². The van der Waals surface area contributed by atoms with Gasteiger partial charge in [-0.05, 0) is 25.0 Å². The molecule has 0 spiro atoms. The van der Waals surface area contributed by atoms with Crippen molar-refractivity contribution in [2.24, 2.45) is 0 Å². The van der Waals surface area contributed by atoms with Crippen LogP contribution in [-0.4, -0.2) is 37.2 Å². The van der Waals surface area contributed by atoms with Crippen molar-refractivity contribution in [2.75, 3.05) is 13.2 Å². The first-order valence-electron chi connectivity index (χ1n) is 8.81. The van der Waals surface area contributed by atoms with Crippen molar-refractivity contribution in [3.63, 3.8) is 0 Å². The molecule has 0 unspecified atom stereocenters. The van der Waals surface area contributed by atoms with Gasteiger partial charge in [-0.1, -0.05) is 37.5 Å². The van der Waals surface area contributed by atoms with Crippen molar-refractivity contribution in [3.05, 3.63) is 35.4 Å². The number of urea groups is 1. The number of ether oxygens (including phenoxy) is 2. The second-order valence-corrected chi connectivity index (χ2v) is 6.43. The van der Waals surface area contributed by atoms with Crippen LogP contribution in [0.1, 0.15) is 37.7 Å². The highest BCUT2D eigenvalue weighted by atomic mass is 16.5. The minimum atomic E-state index is -0.663. The third-order valence-electron chi connectivity index (χ3n) is 4.42. The van der Waals surface area contributed by atoms with E-state index in [1.165, 1.54) is 6.42 Å². The number of hydrogen-bond acceptors (Lipinski definition) is 5.